The summed E-state index contributed by atoms with van der Waals surface area (Å²) in [5, 5.41) is 11.2. The van der Waals surface area contributed by atoms with Gasteiger partial charge in [0.2, 0.25) is 0 Å². The zero-order chi connectivity index (χ0) is 15.4. The predicted molar refractivity (Wildman–Crippen MR) is 75.4 cm³/mol. The van der Waals surface area contributed by atoms with Crippen molar-refractivity contribution in [2.45, 2.75) is 6.61 Å². The number of ether oxygens (including phenoxy) is 2. The molecule has 0 aliphatic heterocycles. The Morgan fingerprint density at radius 2 is 2.05 bits per heavy atom. The van der Waals surface area contributed by atoms with Crippen molar-refractivity contribution >= 4 is 17.3 Å². The van der Waals surface area contributed by atoms with Gasteiger partial charge in [-0.1, -0.05) is 17.7 Å². The first-order chi connectivity index (χ1) is 10.0. The smallest absolute Gasteiger partial charge is 0.314 e. The molecule has 0 heterocycles. The number of nitrogens with zero attached hydrogens (tertiary/aromatic N) is 1. The van der Waals surface area contributed by atoms with Crippen molar-refractivity contribution in [2.24, 2.45) is 0 Å². The highest BCUT2D eigenvalue weighted by molar-refractivity contribution is 6.31. The number of nitro groups is 1. The fraction of sp³-hybridized carbons (Fsp3) is 0.143. The van der Waals surface area contributed by atoms with E-state index < -0.39 is 10.7 Å². The van der Waals surface area contributed by atoms with Crippen LogP contribution in [0.2, 0.25) is 5.02 Å². The van der Waals surface area contributed by atoms with E-state index in [0.717, 1.165) is 6.07 Å². The second-order valence-corrected chi connectivity index (χ2v) is 4.52. The summed E-state index contributed by atoms with van der Waals surface area (Å²) in [5.41, 5.74) is 0.316. The van der Waals surface area contributed by atoms with Crippen LogP contribution < -0.4 is 9.47 Å². The normalized spacial score (nSPS) is 10.2. The van der Waals surface area contributed by atoms with Gasteiger partial charge in [0, 0.05) is 5.56 Å². The molecule has 0 aliphatic rings. The van der Waals surface area contributed by atoms with Crippen molar-refractivity contribution in [3.8, 4) is 11.5 Å². The Balaban J connectivity index is 2.21. The molecule has 0 amide bonds. The van der Waals surface area contributed by atoms with Crippen LogP contribution in [0.25, 0.3) is 0 Å². The number of hydrogen-bond acceptors (Lipinski definition) is 4. The molecular formula is C14H11ClFNO4. The monoisotopic (exact) mass is 311 g/mol. The van der Waals surface area contributed by atoms with Gasteiger partial charge < -0.3 is 9.47 Å². The molecule has 2 rings (SSSR count). The first kappa shape index (κ1) is 15.1. The van der Waals surface area contributed by atoms with E-state index in [4.69, 9.17) is 21.1 Å². The molecule has 0 saturated heterocycles. The Morgan fingerprint density at radius 3 is 2.67 bits per heavy atom. The molecule has 0 unspecified atom stereocenters. The number of nitro benzene ring substituents is 1. The Morgan fingerprint density at radius 1 is 1.29 bits per heavy atom. The van der Waals surface area contributed by atoms with Crippen molar-refractivity contribution in [3.05, 3.63) is 62.9 Å². The van der Waals surface area contributed by atoms with E-state index in [1.807, 2.05) is 0 Å². The molecular weight excluding hydrogens is 301 g/mol. The van der Waals surface area contributed by atoms with Crippen LogP contribution in [0.1, 0.15) is 5.56 Å². The Labute approximate surface area is 125 Å². The summed E-state index contributed by atoms with van der Waals surface area (Å²) >= 11 is 5.87. The van der Waals surface area contributed by atoms with Crippen LogP contribution in [0.3, 0.4) is 0 Å². The van der Waals surface area contributed by atoms with Gasteiger partial charge in [-0.05, 0) is 24.3 Å². The van der Waals surface area contributed by atoms with Gasteiger partial charge in [-0.25, -0.2) is 4.39 Å². The summed E-state index contributed by atoms with van der Waals surface area (Å²) in [5.74, 6) is -0.0192. The van der Waals surface area contributed by atoms with E-state index in [9.17, 15) is 14.5 Å². The highest BCUT2D eigenvalue weighted by atomic mass is 35.5. The van der Waals surface area contributed by atoms with Crippen molar-refractivity contribution in [2.75, 3.05) is 7.11 Å². The number of benzene rings is 2. The third-order valence-electron chi connectivity index (χ3n) is 2.76. The summed E-state index contributed by atoms with van der Waals surface area (Å²) in [7, 11) is 1.41. The molecule has 2 aromatic rings. The largest absolute Gasteiger partial charge is 0.496 e. The van der Waals surface area contributed by atoms with Gasteiger partial charge in [0.15, 0.2) is 5.75 Å². The van der Waals surface area contributed by atoms with Crippen molar-refractivity contribution in [1.29, 1.82) is 0 Å². The fourth-order valence-electron chi connectivity index (χ4n) is 1.68. The van der Waals surface area contributed by atoms with Crippen molar-refractivity contribution < 1.29 is 18.8 Å². The van der Waals surface area contributed by atoms with Gasteiger partial charge in [0.1, 0.15) is 18.2 Å². The highest BCUT2D eigenvalue weighted by Crippen LogP contribution is 2.32. The molecule has 0 aromatic heterocycles. The summed E-state index contributed by atoms with van der Waals surface area (Å²) < 4.78 is 23.3. The lowest BCUT2D eigenvalue weighted by atomic mass is 10.2. The standard InChI is InChI=1S/C14H11ClFNO4/c1-20-11-4-5-14(13(7-11)17(18)19)21-8-9-2-3-10(16)6-12(9)15/h2-7H,8H2,1H3. The minimum atomic E-state index is -0.565. The predicted octanol–water partition coefficient (Wildman–Crippen LogP) is 3.97. The van der Waals surface area contributed by atoms with E-state index in [2.05, 4.69) is 0 Å². The molecule has 0 atom stereocenters. The van der Waals surface area contributed by atoms with Gasteiger partial charge in [-0.2, -0.15) is 0 Å². The lowest BCUT2D eigenvalue weighted by Crippen LogP contribution is -2.00. The average Bonchev–Trinajstić information content (AvgIpc) is 2.46. The lowest BCUT2D eigenvalue weighted by Gasteiger charge is -2.09. The second-order valence-electron chi connectivity index (χ2n) is 4.12. The van der Waals surface area contributed by atoms with Gasteiger partial charge >= 0.3 is 5.69 Å². The molecule has 2 aromatic carbocycles. The average molecular weight is 312 g/mol. The SMILES string of the molecule is COc1ccc(OCc2ccc(F)cc2Cl)c([N+](=O)[O-])c1. The molecule has 21 heavy (non-hydrogen) atoms. The number of hydrogen-bond donors (Lipinski definition) is 0. The van der Waals surface area contributed by atoms with Crippen molar-refractivity contribution in [1.82, 2.24) is 0 Å². The molecule has 110 valence electrons. The number of halogens is 2. The first-order valence-electron chi connectivity index (χ1n) is 5.90. The zero-order valence-corrected chi connectivity index (χ0v) is 11.8. The topological polar surface area (TPSA) is 61.6 Å². The molecule has 0 aliphatic carbocycles. The Hall–Kier alpha value is -2.34. The van der Waals surface area contributed by atoms with E-state index >= 15 is 0 Å². The van der Waals surface area contributed by atoms with Gasteiger partial charge in [-0.15, -0.1) is 0 Å². The van der Waals surface area contributed by atoms with Gasteiger partial charge in [-0.3, -0.25) is 10.1 Å². The van der Waals surface area contributed by atoms with Crippen LogP contribution in [-0.2, 0) is 6.61 Å². The second kappa shape index (κ2) is 6.41. The van der Waals surface area contributed by atoms with E-state index in [1.54, 1.807) is 6.07 Å². The molecule has 0 saturated carbocycles. The summed E-state index contributed by atoms with van der Waals surface area (Å²) in [6.45, 7) is -0.00766. The maximum absolute atomic E-state index is 12.9. The maximum Gasteiger partial charge on any atom is 0.314 e. The molecule has 5 nitrogen and oxygen atoms in total. The summed E-state index contributed by atoms with van der Waals surface area (Å²) in [6, 6.07) is 8.12. The third kappa shape index (κ3) is 3.61. The van der Waals surface area contributed by atoms with Gasteiger partial charge in [0.05, 0.1) is 23.1 Å². The van der Waals surface area contributed by atoms with Crippen LogP contribution in [-0.4, -0.2) is 12.0 Å². The quantitative estimate of drug-likeness (QED) is 0.619. The van der Waals surface area contributed by atoms with Crippen LogP contribution in [0.5, 0.6) is 11.5 Å². The minimum absolute atomic E-state index is 0.00766. The maximum atomic E-state index is 12.9. The molecule has 0 N–H and O–H groups in total. The van der Waals surface area contributed by atoms with E-state index in [1.165, 1.54) is 31.4 Å². The van der Waals surface area contributed by atoms with Gasteiger partial charge in [0.25, 0.3) is 0 Å². The van der Waals surface area contributed by atoms with Crippen LogP contribution in [0.15, 0.2) is 36.4 Å². The van der Waals surface area contributed by atoms with Crippen LogP contribution >= 0.6 is 11.6 Å². The van der Waals surface area contributed by atoms with Crippen LogP contribution in [0, 0.1) is 15.9 Å². The molecule has 0 bridgehead atoms. The Bertz CT molecular complexity index is 678. The van der Waals surface area contributed by atoms with E-state index in [0.29, 0.717) is 11.3 Å². The van der Waals surface area contributed by atoms with Crippen LogP contribution in [0.4, 0.5) is 10.1 Å². The minimum Gasteiger partial charge on any atom is -0.496 e. The number of rotatable bonds is 5. The molecule has 7 heteroatoms. The lowest BCUT2D eigenvalue weighted by molar-refractivity contribution is -0.386. The number of methoxy groups -OCH3 is 1. The fourth-order valence-corrected chi connectivity index (χ4v) is 1.90. The molecule has 0 spiro atoms. The zero-order valence-electron chi connectivity index (χ0n) is 11.0. The summed E-state index contributed by atoms with van der Waals surface area (Å²) in [4.78, 5) is 10.4. The first-order valence-corrected chi connectivity index (χ1v) is 6.28. The third-order valence-corrected chi connectivity index (χ3v) is 3.11. The molecule has 0 radical (unpaired) electrons. The van der Waals surface area contributed by atoms with E-state index in [-0.39, 0.29) is 23.1 Å². The van der Waals surface area contributed by atoms with Crippen molar-refractivity contribution in [3.63, 3.8) is 0 Å². The summed E-state index contributed by atoms with van der Waals surface area (Å²) in [6.07, 6.45) is 0. The Kier molecular flexibility index (Phi) is 4.59. The highest BCUT2D eigenvalue weighted by Gasteiger charge is 2.17. The molecule has 0 fully saturated rings.